The third-order valence-electron chi connectivity index (χ3n) is 2.42. The van der Waals surface area contributed by atoms with Gasteiger partial charge in [0, 0.05) is 6.07 Å². The van der Waals surface area contributed by atoms with E-state index in [2.05, 4.69) is 0 Å². The third kappa shape index (κ3) is 1.51. The summed E-state index contributed by atoms with van der Waals surface area (Å²) in [5, 5.41) is 20.0. The summed E-state index contributed by atoms with van der Waals surface area (Å²) in [6.45, 7) is 0. The number of aryl methyl sites for hydroxylation is 1. The number of aromatic hydroxyl groups is 2. The topological polar surface area (TPSA) is 44.3 Å². The molecule has 1 aromatic heterocycles. The van der Waals surface area contributed by atoms with Crippen LogP contribution in [0.25, 0.3) is 10.9 Å². The summed E-state index contributed by atoms with van der Waals surface area (Å²) in [7, 11) is 1.73. The SMILES string of the molecule is CSc1cccc2cc(O)c(O)[n+](C)c12. The second kappa shape index (κ2) is 3.62. The van der Waals surface area contributed by atoms with Crippen molar-refractivity contribution in [3.8, 4) is 11.6 Å². The number of thioether (sulfide) groups is 1. The van der Waals surface area contributed by atoms with Crippen LogP contribution in [0.5, 0.6) is 11.6 Å². The summed E-state index contributed by atoms with van der Waals surface area (Å²) in [6.07, 6.45) is 1.98. The molecule has 1 aromatic carbocycles. The number of rotatable bonds is 1. The fourth-order valence-electron chi connectivity index (χ4n) is 1.67. The number of aromatic nitrogens is 1. The maximum atomic E-state index is 9.63. The van der Waals surface area contributed by atoms with Crippen molar-refractivity contribution in [2.45, 2.75) is 4.90 Å². The van der Waals surface area contributed by atoms with Crippen LogP contribution in [0.3, 0.4) is 0 Å². The van der Waals surface area contributed by atoms with Crippen molar-refractivity contribution in [3.05, 3.63) is 24.3 Å². The molecule has 0 aliphatic rings. The van der Waals surface area contributed by atoms with Crippen molar-refractivity contribution in [2.75, 3.05) is 6.26 Å². The molecule has 0 unspecified atom stereocenters. The summed E-state index contributed by atoms with van der Waals surface area (Å²) < 4.78 is 1.59. The first-order chi connectivity index (χ1) is 7.15. The van der Waals surface area contributed by atoms with Gasteiger partial charge in [0.15, 0.2) is 0 Å². The van der Waals surface area contributed by atoms with E-state index in [1.165, 1.54) is 0 Å². The first-order valence-electron chi connectivity index (χ1n) is 4.53. The highest BCUT2D eigenvalue weighted by Gasteiger charge is 2.18. The number of pyridine rings is 1. The normalized spacial score (nSPS) is 10.8. The van der Waals surface area contributed by atoms with Gasteiger partial charge in [0.1, 0.15) is 7.05 Å². The average Bonchev–Trinajstić information content (AvgIpc) is 2.25. The zero-order chi connectivity index (χ0) is 11.0. The van der Waals surface area contributed by atoms with E-state index < -0.39 is 0 Å². The number of fused-ring (bicyclic) bond motifs is 1. The number of hydrogen-bond donors (Lipinski definition) is 2. The first kappa shape index (κ1) is 10.1. The Hall–Kier alpha value is -1.42. The van der Waals surface area contributed by atoms with Gasteiger partial charge >= 0.3 is 5.88 Å². The Morgan fingerprint density at radius 3 is 2.67 bits per heavy atom. The molecule has 0 aliphatic heterocycles. The second-order valence-corrected chi connectivity index (χ2v) is 4.16. The summed E-state index contributed by atoms with van der Waals surface area (Å²) >= 11 is 1.61. The van der Waals surface area contributed by atoms with Crippen molar-refractivity contribution < 1.29 is 14.8 Å². The fourth-order valence-corrected chi connectivity index (χ4v) is 2.33. The Kier molecular flexibility index (Phi) is 2.44. The molecule has 4 heteroatoms. The van der Waals surface area contributed by atoms with Gasteiger partial charge in [-0.25, -0.2) is 0 Å². The Morgan fingerprint density at radius 2 is 2.00 bits per heavy atom. The van der Waals surface area contributed by atoms with Crippen LogP contribution < -0.4 is 4.57 Å². The van der Waals surface area contributed by atoms with E-state index in [1.54, 1.807) is 29.4 Å². The van der Waals surface area contributed by atoms with Gasteiger partial charge in [0.2, 0.25) is 11.3 Å². The lowest BCUT2D eigenvalue weighted by atomic mass is 10.2. The molecule has 3 nitrogen and oxygen atoms in total. The van der Waals surface area contributed by atoms with Crippen molar-refractivity contribution in [1.29, 1.82) is 0 Å². The van der Waals surface area contributed by atoms with Gasteiger partial charge < -0.3 is 10.2 Å². The van der Waals surface area contributed by atoms with Crippen LogP contribution in [0.4, 0.5) is 0 Å². The summed E-state index contributed by atoms with van der Waals surface area (Å²) in [4.78, 5) is 1.07. The van der Waals surface area contributed by atoms with Crippen LogP contribution in [0.15, 0.2) is 29.2 Å². The van der Waals surface area contributed by atoms with E-state index >= 15 is 0 Å². The minimum Gasteiger partial charge on any atom is -0.500 e. The molecule has 0 saturated heterocycles. The summed E-state index contributed by atoms with van der Waals surface area (Å²) in [6, 6.07) is 7.41. The van der Waals surface area contributed by atoms with Crippen molar-refractivity contribution in [1.82, 2.24) is 0 Å². The maximum absolute atomic E-state index is 9.63. The highest BCUT2D eigenvalue weighted by atomic mass is 32.2. The molecule has 0 saturated carbocycles. The molecule has 0 radical (unpaired) electrons. The van der Waals surface area contributed by atoms with Gasteiger partial charge in [0.25, 0.3) is 0 Å². The molecule has 0 bridgehead atoms. The van der Waals surface area contributed by atoms with E-state index in [9.17, 15) is 10.2 Å². The Balaban J connectivity index is 2.93. The van der Waals surface area contributed by atoms with E-state index in [0.29, 0.717) is 0 Å². The second-order valence-electron chi connectivity index (χ2n) is 3.31. The van der Waals surface area contributed by atoms with Crippen LogP contribution in [-0.4, -0.2) is 16.5 Å². The molecular weight excluding hydrogens is 210 g/mol. The Bertz CT molecular complexity index is 525. The molecule has 15 heavy (non-hydrogen) atoms. The summed E-state index contributed by atoms with van der Waals surface area (Å²) in [5.74, 6) is -0.202. The lowest BCUT2D eigenvalue weighted by Crippen LogP contribution is -2.29. The van der Waals surface area contributed by atoms with Crippen LogP contribution in [0.2, 0.25) is 0 Å². The van der Waals surface area contributed by atoms with E-state index in [-0.39, 0.29) is 11.6 Å². The highest BCUT2D eigenvalue weighted by molar-refractivity contribution is 7.98. The van der Waals surface area contributed by atoms with Crippen LogP contribution in [-0.2, 0) is 7.05 Å². The molecule has 2 rings (SSSR count). The largest absolute Gasteiger partial charge is 0.500 e. The number of benzene rings is 1. The van der Waals surface area contributed by atoms with Gasteiger partial charge in [0.05, 0.1) is 10.3 Å². The molecule has 0 amide bonds. The van der Waals surface area contributed by atoms with E-state index in [0.717, 1.165) is 15.8 Å². The Morgan fingerprint density at radius 1 is 1.27 bits per heavy atom. The summed E-state index contributed by atoms with van der Waals surface area (Å²) in [5.41, 5.74) is 0.931. The zero-order valence-corrected chi connectivity index (χ0v) is 9.38. The molecule has 0 atom stereocenters. The van der Waals surface area contributed by atoms with Gasteiger partial charge in [-0.2, -0.15) is 4.57 Å². The fraction of sp³-hybridized carbons (Fsp3) is 0.182. The van der Waals surface area contributed by atoms with Crippen LogP contribution in [0, 0.1) is 0 Å². The molecule has 78 valence electrons. The molecule has 0 aliphatic carbocycles. The Labute approximate surface area is 92.0 Å². The monoisotopic (exact) mass is 222 g/mol. The van der Waals surface area contributed by atoms with Gasteiger partial charge in [-0.05, 0) is 18.4 Å². The highest BCUT2D eigenvalue weighted by Crippen LogP contribution is 2.29. The number of para-hydroxylation sites is 1. The third-order valence-corrected chi connectivity index (χ3v) is 3.19. The van der Waals surface area contributed by atoms with Crippen molar-refractivity contribution in [3.63, 3.8) is 0 Å². The number of nitrogens with zero attached hydrogens (tertiary/aromatic N) is 1. The zero-order valence-electron chi connectivity index (χ0n) is 8.56. The van der Waals surface area contributed by atoms with Gasteiger partial charge in [-0.1, -0.05) is 6.07 Å². The lowest BCUT2D eigenvalue weighted by molar-refractivity contribution is -0.653. The van der Waals surface area contributed by atoms with Crippen molar-refractivity contribution >= 4 is 22.7 Å². The number of hydrogen-bond acceptors (Lipinski definition) is 3. The van der Waals surface area contributed by atoms with Crippen molar-refractivity contribution in [2.24, 2.45) is 7.05 Å². The molecule has 2 N–H and O–H groups in total. The van der Waals surface area contributed by atoms with Gasteiger partial charge in [-0.3, -0.25) is 0 Å². The van der Waals surface area contributed by atoms with Crippen LogP contribution >= 0.6 is 11.8 Å². The lowest BCUT2D eigenvalue weighted by Gasteiger charge is -2.03. The quantitative estimate of drug-likeness (QED) is 0.571. The predicted molar refractivity (Wildman–Crippen MR) is 60.2 cm³/mol. The first-order valence-corrected chi connectivity index (χ1v) is 5.75. The maximum Gasteiger partial charge on any atom is 0.409 e. The molecular formula is C11H12NO2S+. The smallest absolute Gasteiger partial charge is 0.409 e. The molecule has 0 spiro atoms. The molecule has 0 fully saturated rings. The standard InChI is InChI=1S/C11H11NO2S/c1-12-10-7(6-8(13)11(12)14)4-3-5-9(10)15-2/h3-6,13H,1-2H3/p+1. The molecule has 2 aromatic rings. The van der Waals surface area contributed by atoms with E-state index in [1.807, 2.05) is 24.5 Å². The predicted octanol–water partition coefficient (Wildman–Crippen LogP) is 1.80. The average molecular weight is 222 g/mol. The molecule has 1 heterocycles. The minimum atomic E-state index is -0.107. The van der Waals surface area contributed by atoms with Gasteiger partial charge in [-0.15, -0.1) is 11.8 Å². The van der Waals surface area contributed by atoms with E-state index in [4.69, 9.17) is 0 Å². The van der Waals surface area contributed by atoms with Crippen LogP contribution in [0.1, 0.15) is 0 Å². The minimum absolute atomic E-state index is 0.0942.